The van der Waals surface area contributed by atoms with Gasteiger partial charge in [-0.15, -0.1) is 0 Å². The van der Waals surface area contributed by atoms with Gasteiger partial charge in [0.15, 0.2) is 0 Å². The van der Waals surface area contributed by atoms with E-state index in [9.17, 15) is 20.4 Å². The third kappa shape index (κ3) is 1.69. The Kier molecular flexibility index (Phi) is 3.23. The minimum Gasteiger partial charge on any atom is -0.387 e. The van der Waals surface area contributed by atoms with Crippen LogP contribution in [0.2, 0.25) is 0 Å². The van der Waals surface area contributed by atoms with Crippen molar-refractivity contribution in [3.05, 3.63) is 0 Å². The topological polar surface area (TPSA) is 110 Å². The predicted octanol–water partition coefficient (Wildman–Crippen LogP) is -3.18. The monoisotopic (exact) mass is 194 g/mol. The van der Waals surface area contributed by atoms with Gasteiger partial charge in [-0.2, -0.15) is 0 Å². The van der Waals surface area contributed by atoms with Gasteiger partial charge in [0, 0.05) is 7.11 Å². The number of aliphatic hydroxyl groups is 5. The van der Waals surface area contributed by atoms with Crippen molar-refractivity contribution >= 4 is 0 Å². The first-order valence-electron chi connectivity index (χ1n) is 3.93. The van der Waals surface area contributed by atoms with Gasteiger partial charge >= 0.3 is 0 Å². The lowest BCUT2D eigenvalue weighted by atomic mass is 9.85. The van der Waals surface area contributed by atoms with Crippen LogP contribution in [0.3, 0.4) is 0 Å². The second-order valence-corrected chi connectivity index (χ2v) is 3.15. The first-order valence-corrected chi connectivity index (χ1v) is 3.93. The highest BCUT2D eigenvalue weighted by Crippen LogP contribution is 2.23. The van der Waals surface area contributed by atoms with E-state index in [1.54, 1.807) is 0 Å². The first-order chi connectivity index (χ1) is 6.00. The first kappa shape index (κ1) is 10.8. The molecule has 1 rings (SSSR count). The summed E-state index contributed by atoms with van der Waals surface area (Å²) in [4.78, 5) is 0. The number of hydrogen-bond donors (Lipinski definition) is 5. The van der Waals surface area contributed by atoms with E-state index in [0.29, 0.717) is 0 Å². The van der Waals surface area contributed by atoms with E-state index in [4.69, 9.17) is 5.11 Å². The Labute approximate surface area is 75.0 Å². The molecule has 1 fully saturated rings. The zero-order valence-corrected chi connectivity index (χ0v) is 7.11. The predicted molar refractivity (Wildman–Crippen MR) is 40.8 cm³/mol. The summed E-state index contributed by atoms with van der Waals surface area (Å²) in [5.41, 5.74) is 0. The number of methoxy groups -OCH3 is 1. The van der Waals surface area contributed by atoms with Crippen LogP contribution >= 0.6 is 0 Å². The van der Waals surface area contributed by atoms with Crippen LogP contribution in [0.1, 0.15) is 0 Å². The molecule has 0 aromatic carbocycles. The molecule has 0 radical (unpaired) electrons. The Morgan fingerprint density at radius 2 is 1.00 bits per heavy atom. The van der Waals surface area contributed by atoms with E-state index in [-0.39, 0.29) is 0 Å². The fraction of sp³-hybridized carbons (Fsp3) is 1.00. The molecule has 0 bridgehead atoms. The standard InChI is InChI=1S/C7H14O6/c1-13-7-5(11)3(9)2(8)4(10)6(7)12/h2-12H,1H3/t2?,3-,4?,5?,6?,7?/m1/s1. The molecular weight excluding hydrogens is 180 g/mol. The molecule has 0 saturated heterocycles. The van der Waals surface area contributed by atoms with Crippen molar-refractivity contribution in [2.24, 2.45) is 0 Å². The molecule has 1 saturated carbocycles. The van der Waals surface area contributed by atoms with Gasteiger partial charge in [-0.05, 0) is 0 Å². The third-order valence-electron chi connectivity index (χ3n) is 2.35. The average molecular weight is 194 g/mol. The van der Waals surface area contributed by atoms with Gasteiger partial charge < -0.3 is 30.3 Å². The van der Waals surface area contributed by atoms with Crippen molar-refractivity contribution in [1.82, 2.24) is 0 Å². The smallest absolute Gasteiger partial charge is 0.114 e. The van der Waals surface area contributed by atoms with Crippen molar-refractivity contribution in [3.63, 3.8) is 0 Å². The quantitative estimate of drug-likeness (QED) is 0.301. The summed E-state index contributed by atoms with van der Waals surface area (Å²) in [5, 5.41) is 46.1. The molecule has 5 N–H and O–H groups in total. The summed E-state index contributed by atoms with van der Waals surface area (Å²) < 4.78 is 4.67. The minimum absolute atomic E-state index is 1.09. The average Bonchev–Trinajstić information content (AvgIpc) is 2.13. The summed E-state index contributed by atoms with van der Waals surface area (Å²) in [7, 11) is 1.23. The molecule has 13 heavy (non-hydrogen) atoms. The highest BCUT2D eigenvalue weighted by molar-refractivity contribution is 4.99. The fourth-order valence-electron chi connectivity index (χ4n) is 1.48. The maximum atomic E-state index is 9.29. The van der Waals surface area contributed by atoms with Gasteiger partial charge in [0.2, 0.25) is 0 Å². The maximum Gasteiger partial charge on any atom is 0.114 e. The van der Waals surface area contributed by atoms with E-state index >= 15 is 0 Å². The number of rotatable bonds is 1. The second-order valence-electron chi connectivity index (χ2n) is 3.15. The summed E-state index contributed by atoms with van der Waals surface area (Å²) in [6.07, 6.45) is -8.48. The third-order valence-corrected chi connectivity index (χ3v) is 2.35. The summed E-state index contributed by atoms with van der Waals surface area (Å²) >= 11 is 0. The van der Waals surface area contributed by atoms with Crippen LogP contribution in [0, 0.1) is 0 Å². The van der Waals surface area contributed by atoms with E-state index in [1.807, 2.05) is 0 Å². The van der Waals surface area contributed by atoms with Gasteiger partial charge in [0.25, 0.3) is 0 Å². The minimum atomic E-state index is -1.56. The molecule has 6 heteroatoms. The number of hydrogen-bond acceptors (Lipinski definition) is 6. The highest BCUT2D eigenvalue weighted by atomic mass is 16.5. The van der Waals surface area contributed by atoms with Gasteiger partial charge in [-0.3, -0.25) is 0 Å². The zero-order valence-electron chi connectivity index (χ0n) is 7.11. The van der Waals surface area contributed by atoms with E-state index < -0.39 is 36.6 Å². The SMILES string of the molecule is COC1C(O)C(O)C(O)[C@@H](O)C1O. The highest BCUT2D eigenvalue weighted by Gasteiger charge is 2.48. The van der Waals surface area contributed by atoms with Crippen LogP contribution in [-0.4, -0.2) is 69.3 Å². The second kappa shape index (κ2) is 3.87. The molecule has 6 nitrogen and oxygen atoms in total. The van der Waals surface area contributed by atoms with Crippen molar-refractivity contribution in [1.29, 1.82) is 0 Å². The van der Waals surface area contributed by atoms with Gasteiger partial charge in [-0.25, -0.2) is 0 Å². The molecule has 78 valence electrons. The lowest BCUT2D eigenvalue weighted by Crippen LogP contribution is -2.64. The molecule has 5 unspecified atom stereocenters. The number of aliphatic hydroxyl groups excluding tert-OH is 5. The molecule has 0 aliphatic heterocycles. The fourth-order valence-corrected chi connectivity index (χ4v) is 1.48. The Morgan fingerprint density at radius 3 is 1.31 bits per heavy atom. The van der Waals surface area contributed by atoms with Gasteiger partial charge in [0.05, 0.1) is 0 Å². The summed E-state index contributed by atoms with van der Waals surface area (Å²) in [6.45, 7) is 0. The largest absolute Gasteiger partial charge is 0.387 e. The molecule has 0 heterocycles. The van der Waals surface area contributed by atoms with Crippen LogP contribution < -0.4 is 0 Å². The van der Waals surface area contributed by atoms with Crippen molar-refractivity contribution in [3.8, 4) is 0 Å². The Morgan fingerprint density at radius 1 is 0.692 bits per heavy atom. The maximum absolute atomic E-state index is 9.29. The van der Waals surface area contributed by atoms with Crippen LogP contribution in [0.25, 0.3) is 0 Å². The molecule has 1 aliphatic carbocycles. The van der Waals surface area contributed by atoms with Crippen LogP contribution in [0.15, 0.2) is 0 Å². The lowest BCUT2D eigenvalue weighted by molar-refractivity contribution is -0.229. The van der Waals surface area contributed by atoms with Crippen molar-refractivity contribution < 1.29 is 30.3 Å². The molecule has 0 aromatic rings. The normalized spacial score (nSPS) is 52.2. The summed E-state index contributed by atoms with van der Waals surface area (Å²) in [5.74, 6) is 0. The van der Waals surface area contributed by atoms with Crippen LogP contribution in [-0.2, 0) is 4.74 Å². The Hall–Kier alpha value is -0.240. The van der Waals surface area contributed by atoms with E-state index in [0.717, 1.165) is 0 Å². The van der Waals surface area contributed by atoms with Crippen molar-refractivity contribution in [2.45, 2.75) is 36.6 Å². The molecule has 0 aromatic heterocycles. The Balaban J connectivity index is 2.79. The summed E-state index contributed by atoms with van der Waals surface area (Å²) in [6, 6.07) is 0. The van der Waals surface area contributed by atoms with E-state index in [2.05, 4.69) is 4.74 Å². The molecule has 0 spiro atoms. The molecular formula is C7H14O6. The van der Waals surface area contributed by atoms with Crippen LogP contribution in [0.4, 0.5) is 0 Å². The molecule has 0 amide bonds. The van der Waals surface area contributed by atoms with Gasteiger partial charge in [0.1, 0.15) is 36.6 Å². The molecule has 1 aliphatic rings. The number of ether oxygens (including phenoxy) is 1. The zero-order chi connectivity index (χ0) is 10.2. The Bertz CT molecular complexity index is 158. The van der Waals surface area contributed by atoms with Crippen LogP contribution in [0.5, 0.6) is 0 Å². The molecule has 6 atom stereocenters. The van der Waals surface area contributed by atoms with E-state index in [1.165, 1.54) is 7.11 Å². The lowest BCUT2D eigenvalue weighted by Gasteiger charge is -2.40. The van der Waals surface area contributed by atoms with Crippen molar-refractivity contribution in [2.75, 3.05) is 7.11 Å². The van der Waals surface area contributed by atoms with Gasteiger partial charge in [-0.1, -0.05) is 0 Å².